The highest BCUT2D eigenvalue weighted by Crippen LogP contribution is 2.35. The summed E-state index contributed by atoms with van der Waals surface area (Å²) in [5, 5.41) is 12.1. The van der Waals surface area contributed by atoms with Crippen LogP contribution in [-0.4, -0.2) is 26.3 Å². The van der Waals surface area contributed by atoms with Crippen molar-refractivity contribution in [2.75, 3.05) is 5.32 Å². The molecule has 1 aliphatic rings. The number of rotatable bonds is 3. The van der Waals surface area contributed by atoms with Gasteiger partial charge in [0.05, 0.1) is 5.25 Å². The van der Waals surface area contributed by atoms with Crippen molar-refractivity contribution in [1.82, 2.24) is 15.2 Å². The second kappa shape index (κ2) is 6.70. The molecule has 24 heavy (non-hydrogen) atoms. The summed E-state index contributed by atoms with van der Waals surface area (Å²) in [6.45, 7) is 0. The van der Waals surface area contributed by atoms with Gasteiger partial charge in [0.1, 0.15) is 5.01 Å². The number of amides is 1. The topological polar surface area (TPSA) is 67.8 Å². The number of thioether (sulfide) groups is 1. The van der Waals surface area contributed by atoms with Crippen LogP contribution < -0.4 is 5.32 Å². The molecule has 1 N–H and O–H groups in total. The number of hydrogen-bond donors (Lipinski definition) is 1. The predicted molar refractivity (Wildman–Crippen MR) is 96.2 cm³/mol. The number of para-hydroxylation sites is 1. The maximum absolute atomic E-state index is 12.5. The van der Waals surface area contributed by atoms with Crippen molar-refractivity contribution in [2.45, 2.75) is 22.4 Å². The summed E-state index contributed by atoms with van der Waals surface area (Å²) < 4.78 is 0.806. The van der Waals surface area contributed by atoms with E-state index < -0.39 is 0 Å². The van der Waals surface area contributed by atoms with Gasteiger partial charge in [-0.2, -0.15) is 0 Å². The second-order valence-corrected chi connectivity index (χ2v) is 7.83. The molecule has 0 bridgehead atoms. The van der Waals surface area contributed by atoms with E-state index in [2.05, 4.69) is 26.6 Å². The van der Waals surface area contributed by atoms with E-state index in [0.29, 0.717) is 0 Å². The van der Waals surface area contributed by atoms with Crippen LogP contribution in [0.2, 0.25) is 0 Å². The van der Waals surface area contributed by atoms with Crippen LogP contribution in [0.15, 0.2) is 53.1 Å². The van der Waals surface area contributed by atoms with Crippen LogP contribution in [-0.2, 0) is 11.2 Å². The molecule has 5 nitrogen and oxygen atoms in total. The quantitative estimate of drug-likeness (QED) is 0.778. The van der Waals surface area contributed by atoms with Crippen molar-refractivity contribution in [3.63, 3.8) is 0 Å². The highest BCUT2D eigenvalue weighted by atomic mass is 32.2. The molecule has 1 aromatic carbocycles. The van der Waals surface area contributed by atoms with E-state index in [1.165, 1.54) is 28.7 Å². The van der Waals surface area contributed by atoms with E-state index in [9.17, 15) is 4.79 Å². The lowest BCUT2D eigenvalue weighted by Crippen LogP contribution is -2.23. The summed E-state index contributed by atoms with van der Waals surface area (Å²) in [5.41, 5.74) is 3.04. The van der Waals surface area contributed by atoms with E-state index in [0.717, 1.165) is 33.4 Å². The van der Waals surface area contributed by atoms with Crippen molar-refractivity contribution >= 4 is 34.7 Å². The van der Waals surface area contributed by atoms with Crippen molar-refractivity contribution in [2.24, 2.45) is 0 Å². The van der Waals surface area contributed by atoms with Crippen molar-refractivity contribution in [1.29, 1.82) is 0 Å². The van der Waals surface area contributed by atoms with Crippen molar-refractivity contribution in [3.05, 3.63) is 54.4 Å². The third kappa shape index (κ3) is 3.18. The minimum atomic E-state index is -0.160. The van der Waals surface area contributed by atoms with Gasteiger partial charge in [-0.05, 0) is 36.6 Å². The number of aromatic nitrogens is 3. The van der Waals surface area contributed by atoms with E-state index in [-0.39, 0.29) is 11.2 Å². The Morgan fingerprint density at radius 2 is 2.08 bits per heavy atom. The Hall–Kier alpha value is -2.25. The normalized spacial score (nSPS) is 17.0. The molecule has 120 valence electrons. The van der Waals surface area contributed by atoms with Gasteiger partial charge in [-0.1, -0.05) is 41.3 Å². The van der Waals surface area contributed by atoms with Gasteiger partial charge in [0.15, 0.2) is 4.34 Å². The van der Waals surface area contributed by atoms with Gasteiger partial charge in [0.25, 0.3) is 0 Å². The van der Waals surface area contributed by atoms with Gasteiger partial charge >= 0.3 is 0 Å². The number of carbonyl (C=O) groups is 1. The summed E-state index contributed by atoms with van der Waals surface area (Å²) in [6.07, 6.45) is 5.16. The number of pyridine rings is 1. The first-order valence-corrected chi connectivity index (χ1v) is 9.28. The van der Waals surface area contributed by atoms with Crippen LogP contribution >= 0.6 is 23.1 Å². The highest BCUT2D eigenvalue weighted by molar-refractivity contribution is 8.02. The largest absolute Gasteiger partial charge is 0.325 e. The molecule has 7 heteroatoms. The summed E-state index contributed by atoms with van der Waals surface area (Å²) in [5.74, 6) is 0.0306. The van der Waals surface area contributed by atoms with E-state index >= 15 is 0 Å². The van der Waals surface area contributed by atoms with Gasteiger partial charge in [-0.15, -0.1) is 10.2 Å². The first kappa shape index (κ1) is 15.3. The van der Waals surface area contributed by atoms with Crippen LogP contribution in [0.3, 0.4) is 0 Å². The second-order valence-electron chi connectivity index (χ2n) is 5.41. The molecule has 1 amide bonds. The Morgan fingerprint density at radius 1 is 1.17 bits per heavy atom. The number of fused-ring (bicyclic) bond motifs is 1. The average molecular weight is 354 g/mol. The number of anilines is 1. The number of nitrogens with zero attached hydrogens (tertiary/aromatic N) is 3. The van der Waals surface area contributed by atoms with Crippen LogP contribution in [0.1, 0.15) is 12.0 Å². The fourth-order valence-electron chi connectivity index (χ4n) is 2.59. The molecule has 4 rings (SSSR count). The minimum absolute atomic E-state index is 0.0306. The summed E-state index contributed by atoms with van der Waals surface area (Å²) in [4.78, 5) is 16.6. The average Bonchev–Trinajstić information content (AvgIpc) is 3.02. The molecule has 0 aliphatic carbocycles. The van der Waals surface area contributed by atoms with E-state index in [1.807, 2.05) is 30.3 Å². The SMILES string of the molecule is O=C1Nc2ccccc2CC[C@H]1Sc1nnc(-c2cccnc2)s1. The van der Waals surface area contributed by atoms with Crippen molar-refractivity contribution in [3.8, 4) is 10.6 Å². The Balaban J connectivity index is 1.50. The smallest absolute Gasteiger partial charge is 0.237 e. The fraction of sp³-hybridized carbons (Fsp3) is 0.176. The number of benzene rings is 1. The molecule has 0 unspecified atom stereocenters. The molecule has 1 atom stereocenters. The molecular weight excluding hydrogens is 340 g/mol. The minimum Gasteiger partial charge on any atom is -0.325 e. The van der Waals surface area contributed by atoms with Crippen LogP contribution in [0.5, 0.6) is 0 Å². The summed E-state index contributed by atoms with van der Waals surface area (Å²) >= 11 is 2.98. The number of hydrogen-bond acceptors (Lipinski definition) is 6. The zero-order valence-corrected chi connectivity index (χ0v) is 14.3. The van der Waals surface area contributed by atoms with Crippen molar-refractivity contribution < 1.29 is 4.79 Å². The standard InChI is InChI=1S/C17H14N4OS2/c22-15-14(8-7-11-4-1-2-6-13(11)19-15)23-17-21-20-16(24-17)12-5-3-9-18-10-12/h1-6,9-10,14H,7-8H2,(H,19,22)/t14-/m1/s1. The molecule has 3 heterocycles. The summed E-state index contributed by atoms with van der Waals surface area (Å²) in [7, 11) is 0. The molecule has 0 fully saturated rings. The van der Waals surface area contributed by atoms with Gasteiger partial charge in [0.2, 0.25) is 5.91 Å². The maximum atomic E-state index is 12.5. The molecule has 0 saturated heterocycles. The Kier molecular flexibility index (Phi) is 4.27. The first-order chi connectivity index (χ1) is 11.8. The number of aryl methyl sites for hydroxylation is 1. The first-order valence-electron chi connectivity index (χ1n) is 7.59. The Labute approximate surface area is 147 Å². The zero-order chi connectivity index (χ0) is 16.4. The summed E-state index contributed by atoms with van der Waals surface area (Å²) in [6, 6.07) is 11.8. The molecule has 3 aromatic rings. The number of carbonyl (C=O) groups excluding carboxylic acids is 1. The van der Waals surface area contributed by atoms with Gasteiger partial charge < -0.3 is 5.32 Å². The molecule has 2 aromatic heterocycles. The lowest BCUT2D eigenvalue weighted by Gasteiger charge is -2.10. The zero-order valence-electron chi connectivity index (χ0n) is 12.7. The van der Waals surface area contributed by atoms with Crippen LogP contribution in [0, 0.1) is 0 Å². The van der Waals surface area contributed by atoms with Gasteiger partial charge in [0, 0.05) is 23.6 Å². The third-order valence-electron chi connectivity index (χ3n) is 3.80. The van der Waals surface area contributed by atoms with Crippen LogP contribution in [0.25, 0.3) is 10.6 Å². The molecule has 0 saturated carbocycles. The Bertz CT molecular complexity index is 866. The lowest BCUT2D eigenvalue weighted by molar-refractivity contribution is -0.115. The fourth-order valence-corrected chi connectivity index (χ4v) is 4.67. The lowest BCUT2D eigenvalue weighted by atomic mass is 10.1. The molecule has 1 aliphatic heterocycles. The van der Waals surface area contributed by atoms with Gasteiger partial charge in [-0.25, -0.2) is 0 Å². The maximum Gasteiger partial charge on any atom is 0.237 e. The third-order valence-corrected chi connectivity index (χ3v) is 6.12. The number of nitrogens with one attached hydrogen (secondary N) is 1. The monoisotopic (exact) mass is 354 g/mol. The molecule has 0 spiro atoms. The Morgan fingerprint density at radius 3 is 2.96 bits per heavy atom. The van der Waals surface area contributed by atoms with E-state index in [1.54, 1.807) is 12.4 Å². The van der Waals surface area contributed by atoms with Crippen LogP contribution in [0.4, 0.5) is 5.69 Å². The molecular formula is C17H14N4OS2. The van der Waals surface area contributed by atoms with E-state index in [4.69, 9.17) is 0 Å². The predicted octanol–water partition coefficient (Wildman–Crippen LogP) is 3.65. The highest BCUT2D eigenvalue weighted by Gasteiger charge is 2.25. The molecule has 0 radical (unpaired) electrons. The van der Waals surface area contributed by atoms with Gasteiger partial charge in [-0.3, -0.25) is 9.78 Å².